The minimum Gasteiger partial charge on any atom is -0.325 e. The molecule has 0 amide bonds. The molecule has 1 aromatic carbocycles. The van der Waals surface area contributed by atoms with E-state index in [0.717, 1.165) is 37.3 Å². The smallest absolute Gasteiger partial charge is 0.151 e. The molecule has 2 aromatic rings. The Kier molecular flexibility index (Phi) is 2.59. The van der Waals surface area contributed by atoms with Gasteiger partial charge in [0.05, 0.1) is 5.52 Å². The van der Waals surface area contributed by atoms with E-state index in [1.807, 2.05) is 13.0 Å². The average Bonchev–Trinajstić information content (AvgIpc) is 2.68. The minimum absolute atomic E-state index is 0.224. The third-order valence-corrected chi connectivity index (χ3v) is 3.52. The number of hydrogen-bond acceptors (Lipinski definition) is 2. The number of nitrogens with one attached hydrogen (secondary N) is 1. The van der Waals surface area contributed by atoms with Crippen LogP contribution >= 0.6 is 0 Å². The Morgan fingerprint density at radius 3 is 2.88 bits per heavy atom. The van der Waals surface area contributed by atoms with E-state index in [1.54, 1.807) is 6.07 Å². The molecule has 17 heavy (non-hydrogen) atoms. The Morgan fingerprint density at radius 1 is 1.35 bits per heavy atom. The van der Waals surface area contributed by atoms with Crippen LogP contribution in [0.4, 0.5) is 4.39 Å². The molecule has 90 valence electrons. The van der Waals surface area contributed by atoms with Gasteiger partial charge in [-0.3, -0.25) is 0 Å². The van der Waals surface area contributed by atoms with Crippen LogP contribution in [0.25, 0.3) is 11.0 Å². The predicted molar refractivity (Wildman–Crippen MR) is 65.6 cm³/mol. The Labute approximate surface area is 99.7 Å². The van der Waals surface area contributed by atoms with Gasteiger partial charge in [-0.15, -0.1) is 0 Å². The number of hydrogen-bond donors (Lipinski definition) is 1. The highest BCUT2D eigenvalue weighted by Crippen LogP contribution is 2.27. The number of aromatic nitrogens is 2. The molecular formula is C13H16FN3. The zero-order valence-electron chi connectivity index (χ0n) is 9.91. The van der Waals surface area contributed by atoms with Crippen LogP contribution in [0, 0.1) is 12.7 Å². The molecule has 4 heteroatoms. The van der Waals surface area contributed by atoms with Gasteiger partial charge in [0, 0.05) is 6.04 Å². The SMILES string of the molecule is Cc1nc2c(F)cccc2n1C1CCNCC1. The van der Waals surface area contributed by atoms with Gasteiger partial charge in [-0.25, -0.2) is 9.37 Å². The summed E-state index contributed by atoms with van der Waals surface area (Å²) in [5.41, 5.74) is 1.43. The number of aryl methyl sites for hydroxylation is 1. The third-order valence-electron chi connectivity index (χ3n) is 3.52. The van der Waals surface area contributed by atoms with Crippen molar-refractivity contribution >= 4 is 11.0 Å². The molecule has 1 saturated heterocycles. The zero-order valence-corrected chi connectivity index (χ0v) is 9.91. The van der Waals surface area contributed by atoms with E-state index in [0.29, 0.717) is 11.6 Å². The summed E-state index contributed by atoms with van der Waals surface area (Å²) in [6.07, 6.45) is 2.17. The summed E-state index contributed by atoms with van der Waals surface area (Å²) >= 11 is 0. The molecule has 1 aliphatic heterocycles. The monoisotopic (exact) mass is 233 g/mol. The van der Waals surface area contributed by atoms with Gasteiger partial charge in [-0.2, -0.15) is 0 Å². The lowest BCUT2D eigenvalue weighted by Crippen LogP contribution is -2.29. The molecule has 0 radical (unpaired) electrons. The van der Waals surface area contributed by atoms with Gasteiger partial charge in [-0.1, -0.05) is 6.07 Å². The maximum absolute atomic E-state index is 13.7. The Hall–Kier alpha value is -1.42. The fourth-order valence-corrected chi connectivity index (χ4v) is 2.72. The van der Waals surface area contributed by atoms with Gasteiger partial charge in [0.2, 0.25) is 0 Å². The first-order valence-electron chi connectivity index (χ1n) is 6.11. The van der Waals surface area contributed by atoms with Gasteiger partial charge in [0.25, 0.3) is 0 Å². The molecule has 1 aliphatic rings. The van der Waals surface area contributed by atoms with Crippen molar-refractivity contribution < 1.29 is 4.39 Å². The van der Waals surface area contributed by atoms with E-state index < -0.39 is 0 Å². The molecular weight excluding hydrogens is 217 g/mol. The molecule has 2 heterocycles. The number of piperidine rings is 1. The maximum atomic E-state index is 13.7. The lowest BCUT2D eigenvalue weighted by atomic mass is 10.1. The van der Waals surface area contributed by atoms with Crippen LogP contribution in [-0.4, -0.2) is 22.6 Å². The molecule has 1 N–H and O–H groups in total. The van der Waals surface area contributed by atoms with Crippen molar-refractivity contribution in [2.75, 3.05) is 13.1 Å². The number of para-hydroxylation sites is 1. The summed E-state index contributed by atoms with van der Waals surface area (Å²) in [6.45, 7) is 4.01. The van der Waals surface area contributed by atoms with Crippen molar-refractivity contribution in [1.82, 2.24) is 14.9 Å². The molecule has 0 aliphatic carbocycles. The van der Waals surface area contributed by atoms with Crippen molar-refractivity contribution in [2.24, 2.45) is 0 Å². The van der Waals surface area contributed by atoms with Crippen LogP contribution < -0.4 is 5.32 Å². The van der Waals surface area contributed by atoms with Crippen LogP contribution in [0.3, 0.4) is 0 Å². The van der Waals surface area contributed by atoms with Crippen molar-refractivity contribution in [2.45, 2.75) is 25.8 Å². The van der Waals surface area contributed by atoms with Gasteiger partial charge < -0.3 is 9.88 Å². The summed E-state index contributed by atoms with van der Waals surface area (Å²) in [5.74, 6) is 0.690. The van der Waals surface area contributed by atoms with E-state index in [1.165, 1.54) is 6.07 Å². The molecule has 1 fully saturated rings. The predicted octanol–water partition coefficient (Wildman–Crippen LogP) is 2.41. The number of rotatable bonds is 1. The first-order valence-corrected chi connectivity index (χ1v) is 6.11. The lowest BCUT2D eigenvalue weighted by Gasteiger charge is -2.25. The first-order chi connectivity index (χ1) is 8.27. The quantitative estimate of drug-likeness (QED) is 0.819. The van der Waals surface area contributed by atoms with Crippen LogP contribution in [0.1, 0.15) is 24.7 Å². The Balaban J connectivity index is 2.14. The second-order valence-corrected chi connectivity index (χ2v) is 4.62. The number of halogens is 1. The topological polar surface area (TPSA) is 29.9 Å². The highest BCUT2D eigenvalue weighted by atomic mass is 19.1. The summed E-state index contributed by atoms with van der Waals surface area (Å²) in [4.78, 5) is 4.36. The highest BCUT2D eigenvalue weighted by Gasteiger charge is 2.20. The molecule has 0 spiro atoms. The van der Waals surface area contributed by atoms with Crippen LogP contribution in [0.15, 0.2) is 18.2 Å². The fourth-order valence-electron chi connectivity index (χ4n) is 2.72. The summed E-state index contributed by atoms with van der Waals surface area (Å²) in [7, 11) is 0. The first kappa shape index (κ1) is 10.7. The zero-order chi connectivity index (χ0) is 11.8. The molecule has 0 bridgehead atoms. The standard InChI is InChI=1S/C13H16FN3/c1-9-16-13-11(14)3-2-4-12(13)17(9)10-5-7-15-8-6-10/h2-4,10,15H,5-8H2,1H3. The van der Waals surface area contributed by atoms with E-state index in [2.05, 4.69) is 14.9 Å². The number of imidazole rings is 1. The van der Waals surface area contributed by atoms with E-state index in [4.69, 9.17) is 0 Å². The lowest BCUT2D eigenvalue weighted by molar-refractivity contribution is 0.370. The van der Waals surface area contributed by atoms with E-state index in [-0.39, 0.29) is 5.82 Å². The maximum Gasteiger partial charge on any atom is 0.151 e. The molecule has 3 nitrogen and oxygen atoms in total. The number of nitrogens with zero attached hydrogens (tertiary/aromatic N) is 2. The van der Waals surface area contributed by atoms with Gasteiger partial charge in [0.1, 0.15) is 11.3 Å². The molecule has 1 aromatic heterocycles. The van der Waals surface area contributed by atoms with Crippen LogP contribution in [0.5, 0.6) is 0 Å². The summed E-state index contributed by atoms with van der Waals surface area (Å²) < 4.78 is 15.9. The number of fused-ring (bicyclic) bond motifs is 1. The summed E-state index contributed by atoms with van der Waals surface area (Å²) in [6, 6.07) is 5.64. The second-order valence-electron chi connectivity index (χ2n) is 4.62. The van der Waals surface area contributed by atoms with Crippen LogP contribution in [0.2, 0.25) is 0 Å². The van der Waals surface area contributed by atoms with E-state index in [9.17, 15) is 4.39 Å². The molecule has 0 atom stereocenters. The molecule has 0 unspecified atom stereocenters. The Morgan fingerprint density at radius 2 is 2.12 bits per heavy atom. The van der Waals surface area contributed by atoms with Gasteiger partial charge in [0.15, 0.2) is 5.82 Å². The van der Waals surface area contributed by atoms with Crippen molar-refractivity contribution in [3.05, 3.63) is 29.8 Å². The third kappa shape index (κ3) is 1.72. The fraction of sp³-hybridized carbons (Fsp3) is 0.462. The average molecular weight is 233 g/mol. The van der Waals surface area contributed by atoms with Crippen molar-refractivity contribution in [3.8, 4) is 0 Å². The van der Waals surface area contributed by atoms with Gasteiger partial charge >= 0.3 is 0 Å². The Bertz CT molecular complexity index is 541. The summed E-state index contributed by atoms with van der Waals surface area (Å²) in [5, 5.41) is 3.35. The second kappa shape index (κ2) is 4.11. The van der Waals surface area contributed by atoms with Gasteiger partial charge in [-0.05, 0) is 45.0 Å². The van der Waals surface area contributed by atoms with E-state index >= 15 is 0 Å². The minimum atomic E-state index is -0.224. The van der Waals surface area contributed by atoms with Crippen molar-refractivity contribution in [1.29, 1.82) is 0 Å². The highest BCUT2D eigenvalue weighted by molar-refractivity contribution is 5.76. The largest absolute Gasteiger partial charge is 0.325 e. The molecule has 3 rings (SSSR count). The number of benzene rings is 1. The van der Waals surface area contributed by atoms with Crippen LogP contribution in [-0.2, 0) is 0 Å². The molecule has 0 saturated carbocycles. The normalized spacial score (nSPS) is 17.8. The van der Waals surface area contributed by atoms with Crippen molar-refractivity contribution in [3.63, 3.8) is 0 Å².